The number of fused-ring (bicyclic) bond motifs is 2. The van der Waals surface area contributed by atoms with Crippen molar-refractivity contribution in [3.05, 3.63) is 78.6 Å². The van der Waals surface area contributed by atoms with Crippen LogP contribution in [0.4, 0.5) is 0 Å². The van der Waals surface area contributed by atoms with Gasteiger partial charge in [-0.15, -0.1) is 0 Å². The molecule has 3 heterocycles. The third kappa shape index (κ3) is 4.00. The van der Waals surface area contributed by atoms with Gasteiger partial charge < -0.3 is 14.4 Å². The first-order chi connectivity index (χ1) is 15.2. The number of hydrogen-bond donors (Lipinski definition) is 0. The summed E-state index contributed by atoms with van der Waals surface area (Å²) >= 11 is 0. The van der Waals surface area contributed by atoms with Crippen LogP contribution in [0.2, 0.25) is 0 Å². The highest BCUT2D eigenvalue weighted by Gasteiger charge is 2.44. The van der Waals surface area contributed by atoms with Crippen LogP contribution in [-0.4, -0.2) is 41.1 Å². The van der Waals surface area contributed by atoms with E-state index < -0.39 is 0 Å². The lowest BCUT2D eigenvalue weighted by Gasteiger charge is -2.39. The molecule has 158 valence electrons. The van der Waals surface area contributed by atoms with Crippen molar-refractivity contribution in [3.63, 3.8) is 0 Å². The summed E-state index contributed by atoms with van der Waals surface area (Å²) in [4.78, 5) is 19.5. The number of amides is 1. The second kappa shape index (κ2) is 8.42. The Hall–Kier alpha value is -3.34. The van der Waals surface area contributed by atoms with Crippen molar-refractivity contribution >= 4 is 5.91 Å². The molecule has 5 nitrogen and oxygen atoms in total. The number of ether oxygens (including phenoxy) is 2. The van der Waals surface area contributed by atoms with Crippen molar-refractivity contribution in [1.29, 1.82) is 0 Å². The molecule has 2 saturated heterocycles. The molecule has 2 aromatic carbocycles. The highest BCUT2D eigenvalue weighted by molar-refractivity contribution is 5.95. The number of hydrogen-bond acceptors (Lipinski definition) is 4. The molecule has 5 heteroatoms. The molecule has 1 aromatic heterocycles. The molecule has 0 N–H and O–H groups in total. The summed E-state index contributed by atoms with van der Waals surface area (Å²) in [7, 11) is 1.67. The van der Waals surface area contributed by atoms with Gasteiger partial charge >= 0.3 is 0 Å². The van der Waals surface area contributed by atoms with Crippen LogP contribution in [0.1, 0.15) is 36.0 Å². The van der Waals surface area contributed by atoms with Gasteiger partial charge in [0.05, 0.1) is 7.11 Å². The zero-order chi connectivity index (χ0) is 21.2. The lowest BCUT2D eigenvalue weighted by atomic mass is 9.97. The molecule has 0 spiro atoms. The van der Waals surface area contributed by atoms with Gasteiger partial charge in [-0.1, -0.05) is 24.3 Å². The van der Waals surface area contributed by atoms with Crippen LogP contribution in [0, 0.1) is 0 Å². The number of methoxy groups -OCH3 is 1. The zero-order valence-electron chi connectivity index (χ0n) is 17.6. The molecule has 0 aliphatic carbocycles. The number of benzene rings is 2. The fourth-order valence-corrected chi connectivity index (χ4v) is 4.92. The van der Waals surface area contributed by atoms with Crippen LogP contribution in [0.3, 0.4) is 0 Å². The van der Waals surface area contributed by atoms with Crippen molar-refractivity contribution in [2.24, 2.45) is 0 Å². The number of pyridine rings is 1. The van der Waals surface area contributed by atoms with Crippen molar-refractivity contribution in [2.45, 2.75) is 43.9 Å². The Labute approximate surface area is 182 Å². The smallest absolute Gasteiger partial charge is 0.254 e. The molecule has 2 aliphatic rings. The predicted molar refractivity (Wildman–Crippen MR) is 119 cm³/mol. The van der Waals surface area contributed by atoms with E-state index in [2.05, 4.69) is 9.88 Å². The van der Waals surface area contributed by atoms with E-state index in [1.807, 2.05) is 60.7 Å². The molecule has 2 bridgehead atoms. The summed E-state index contributed by atoms with van der Waals surface area (Å²) in [5, 5.41) is 0. The minimum absolute atomic E-state index is 0.132. The quantitative estimate of drug-likeness (QED) is 0.591. The van der Waals surface area contributed by atoms with Gasteiger partial charge in [0.15, 0.2) is 0 Å². The number of nitrogens with zero attached hydrogens (tertiary/aromatic N) is 2. The number of rotatable bonds is 5. The number of carbonyl (C=O) groups is 1. The first-order valence-electron chi connectivity index (χ1n) is 10.8. The second-order valence-electron chi connectivity index (χ2n) is 8.30. The molecule has 5 rings (SSSR count). The monoisotopic (exact) mass is 414 g/mol. The largest absolute Gasteiger partial charge is 0.497 e. The van der Waals surface area contributed by atoms with Crippen LogP contribution >= 0.6 is 0 Å². The fourth-order valence-electron chi connectivity index (χ4n) is 4.92. The maximum absolute atomic E-state index is 13.3. The summed E-state index contributed by atoms with van der Waals surface area (Å²) in [5.41, 5.74) is 2.90. The van der Waals surface area contributed by atoms with Gasteiger partial charge in [-0.05, 0) is 60.4 Å². The second-order valence-corrected chi connectivity index (χ2v) is 8.30. The lowest BCUT2D eigenvalue weighted by molar-refractivity contribution is 0.0359. The molecule has 2 atom stereocenters. The van der Waals surface area contributed by atoms with Crippen LogP contribution in [0.25, 0.3) is 11.1 Å². The first-order valence-corrected chi connectivity index (χ1v) is 10.8. The van der Waals surface area contributed by atoms with E-state index in [9.17, 15) is 4.79 Å². The van der Waals surface area contributed by atoms with Gasteiger partial charge in [-0.2, -0.15) is 0 Å². The Morgan fingerprint density at radius 1 is 0.903 bits per heavy atom. The molecule has 1 amide bonds. The minimum Gasteiger partial charge on any atom is -0.497 e. The highest BCUT2D eigenvalue weighted by Crippen LogP contribution is 2.38. The summed E-state index contributed by atoms with van der Waals surface area (Å²) in [6.07, 6.45) is 7.51. The highest BCUT2D eigenvalue weighted by atomic mass is 16.5. The van der Waals surface area contributed by atoms with Gasteiger partial charge in [0.25, 0.3) is 5.91 Å². The third-order valence-electron chi connectivity index (χ3n) is 6.41. The Morgan fingerprint density at radius 3 is 2.29 bits per heavy atom. The summed E-state index contributed by atoms with van der Waals surface area (Å²) in [6, 6.07) is 20.2. The van der Waals surface area contributed by atoms with E-state index in [0.717, 1.165) is 53.9 Å². The van der Waals surface area contributed by atoms with E-state index in [1.54, 1.807) is 19.5 Å². The molecular weight excluding hydrogens is 388 g/mol. The molecule has 3 aromatic rings. The van der Waals surface area contributed by atoms with Crippen molar-refractivity contribution in [2.75, 3.05) is 7.11 Å². The van der Waals surface area contributed by atoms with Crippen LogP contribution in [-0.2, 0) is 0 Å². The van der Waals surface area contributed by atoms with E-state index in [4.69, 9.17) is 9.47 Å². The van der Waals surface area contributed by atoms with Crippen LogP contribution in [0.15, 0.2) is 73.1 Å². The SMILES string of the molecule is COc1cccc(-c2ccc(C(=O)N3C4CCC3CC(Oc3ccncc3)C4)cc2)c1. The molecule has 2 fully saturated rings. The standard InChI is InChI=1S/C26H26N2O3/c1-30-24-4-2-3-20(15-24)18-5-7-19(8-6-18)26(29)28-21-9-10-22(28)17-25(16-21)31-23-11-13-27-14-12-23/h2-8,11-15,21-22,25H,9-10,16-17H2,1H3. The number of carbonyl (C=O) groups excluding carboxylic acids is 1. The molecule has 0 radical (unpaired) electrons. The molecule has 2 aliphatic heterocycles. The first kappa shape index (κ1) is 19.6. The average Bonchev–Trinajstić information content (AvgIpc) is 3.09. The lowest BCUT2D eigenvalue weighted by Crippen LogP contribution is -2.49. The van der Waals surface area contributed by atoms with Gasteiger partial charge in [-0.25, -0.2) is 0 Å². The molecular formula is C26H26N2O3. The predicted octanol–water partition coefficient (Wildman–Crippen LogP) is 4.97. The number of piperidine rings is 1. The van der Waals surface area contributed by atoms with E-state index in [1.165, 1.54) is 0 Å². The maximum Gasteiger partial charge on any atom is 0.254 e. The van der Waals surface area contributed by atoms with Crippen LogP contribution in [0.5, 0.6) is 11.5 Å². The summed E-state index contributed by atoms with van der Waals surface area (Å²) in [6.45, 7) is 0. The van der Waals surface area contributed by atoms with Crippen molar-refractivity contribution in [3.8, 4) is 22.6 Å². The molecule has 31 heavy (non-hydrogen) atoms. The van der Waals surface area contributed by atoms with Gasteiger partial charge in [-0.3, -0.25) is 9.78 Å². The Bertz CT molecular complexity index is 1040. The van der Waals surface area contributed by atoms with E-state index in [-0.39, 0.29) is 24.1 Å². The van der Waals surface area contributed by atoms with Gasteiger partial charge in [0.2, 0.25) is 0 Å². The summed E-state index contributed by atoms with van der Waals surface area (Å²) < 4.78 is 11.5. The number of aromatic nitrogens is 1. The molecule has 2 unspecified atom stereocenters. The Morgan fingerprint density at radius 2 is 1.61 bits per heavy atom. The normalized spacial score (nSPS) is 22.2. The maximum atomic E-state index is 13.3. The van der Waals surface area contributed by atoms with Crippen molar-refractivity contribution in [1.82, 2.24) is 9.88 Å². The topological polar surface area (TPSA) is 51.7 Å². The van der Waals surface area contributed by atoms with Crippen molar-refractivity contribution < 1.29 is 14.3 Å². The minimum atomic E-state index is 0.132. The van der Waals surface area contributed by atoms with Crippen LogP contribution < -0.4 is 9.47 Å². The summed E-state index contributed by atoms with van der Waals surface area (Å²) in [5.74, 6) is 1.81. The van der Waals surface area contributed by atoms with E-state index in [0.29, 0.717) is 0 Å². The zero-order valence-corrected chi connectivity index (χ0v) is 17.6. The van der Waals surface area contributed by atoms with Gasteiger partial charge in [0.1, 0.15) is 17.6 Å². The Kier molecular flexibility index (Phi) is 5.33. The van der Waals surface area contributed by atoms with E-state index >= 15 is 0 Å². The molecule has 0 saturated carbocycles. The third-order valence-corrected chi connectivity index (χ3v) is 6.41. The van der Waals surface area contributed by atoms with Gasteiger partial charge in [0, 0.05) is 42.9 Å². The average molecular weight is 415 g/mol. The fraction of sp³-hybridized carbons (Fsp3) is 0.308. The Balaban J connectivity index is 1.28.